The lowest BCUT2D eigenvalue weighted by Crippen LogP contribution is -2.29. The van der Waals surface area contributed by atoms with E-state index in [4.69, 9.17) is 11.6 Å². The quantitative estimate of drug-likeness (QED) is 0.734. The second-order valence-corrected chi connectivity index (χ2v) is 3.78. The molecule has 0 aliphatic carbocycles. The van der Waals surface area contributed by atoms with Gasteiger partial charge in [0, 0.05) is 19.5 Å². The molecule has 0 N–H and O–H groups in total. The maximum Gasteiger partial charge on any atom is 0.255 e. The molecular weight excluding hydrogens is 214 g/mol. The minimum atomic E-state index is -0.0637. The third-order valence-corrected chi connectivity index (χ3v) is 2.27. The zero-order valence-corrected chi connectivity index (χ0v) is 9.88. The van der Waals surface area contributed by atoms with Crippen LogP contribution in [0.25, 0.3) is 0 Å². The Bertz CT molecular complexity index is 368. The van der Waals surface area contributed by atoms with Crippen molar-refractivity contribution in [2.45, 2.75) is 13.8 Å². The van der Waals surface area contributed by atoms with Crippen LogP contribution < -0.4 is 0 Å². The molecule has 0 spiro atoms. The highest BCUT2D eigenvalue weighted by molar-refractivity contribution is 6.18. The standard InChI is InChI=1S/C10H14ClN3O/c1-7-6-9(8(2)13-12-7)10(15)14(3)5-4-11/h6H,4-5H2,1-3H3. The van der Waals surface area contributed by atoms with Gasteiger partial charge >= 0.3 is 0 Å². The molecule has 0 saturated heterocycles. The predicted molar refractivity (Wildman–Crippen MR) is 59.2 cm³/mol. The Morgan fingerprint density at radius 3 is 2.73 bits per heavy atom. The van der Waals surface area contributed by atoms with Crippen LogP contribution in [0.2, 0.25) is 0 Å². The number of aryl methyl sites for hydroxylation is 2. The molecule has 0 atom stereocenters. The van der Waals surface area contributed by atoms with Crippen molar-refractivity contribution in [1.82, 2.24) is 15.1 Å². The molecule has 15 heavy (non-hydrogen) atoms. The van der Waals surface area contributed by atoms with Crippen LogP contribution in [0.4, 0.5) is 0 Å². The zero-order chi connectivity index (χ0) is 11.4. The van der Waals surface area contributed by atoms with Crippen LogP contribution in [0.15, 0.2) is 6.07 Å². The second kappa shape index (κ2) is 5.07. The number of hydrogen-bond acceptors (Lipinski definition) is 3. The Hall–Kier alpha value is -1.16. The molecule has 0 saturated carbocycles. The molecule has 0 aromatic carbocycles. The lowest BCUT2D eigenvalue weighted by Gasteiger charge is -2.16. The summed E-state index contributed by atoms with van der Waals surface area (Å²) in [5, 5.41) is 7.79. The molecule has 0 radical (unpaired) electrons. The van der Waals surface area contributed by atoms with Crippen molar-refractivity contribution in [1.29, 1.82) is 0 Å². The van der Waals surface area contributed by atoms with Gasteiger partial charge in [-0.2, -0.15) is 10.2 Å². The first-order valence-electron chi connectivity index (χ1n) is 4.68. The summed E-state index contributed by atoms with van der Waals surface area (Å²) in [4.78, 5) is 13.5. The molecule has 82 valence electrons. The van der Waals surface area contributed by atoms with Gasteiger partial charge < -0.3 is 4.90 Å². The van der Waals surface area contributed by atoms with Crippen LogP contribution in [-0.2, 0) is 0 Å². The third-order valence-electron chi connectivity index (χ3n) is 2.10. The van der Waals surface area contributed by atoms with E-state index in [9.17, 15) is 4.79 Å². The summed E-state index contributed by atoms with van der Waals surface area (Å²) in [7, 11) is 1.72. The van der Waals surface area contributed by atoms with Gasteiger partial charge in [-0.3, -0.25) is 4.79 Å². The topological polar surface area (TPSA) is 46.1 Å². The average Bonchev–Trinajstić information content (AvgIpc) is 2.21. The van der Waals surface area contributed by atoms with Gasteiger partial charge in [-0.25, -0.2) is 0 Å². The van der Waals surface area contributed by atoms with Gasteiger partial charge in [-0.05, 0) is 19.9 Å². The SMILES string of the molecule is Cc1cc(C(=O)N(C)CCCl)c(C)nn1. The van der Waals surface area contributed by atoms with E-state index in [0.29, 0.717) is 23.7 Å². The van der Waals surface area contributed by atoms with E-state index < -0.39 is 0 Å². The van der Waals surface area contributed by atoms with E-state index in [0.717, 1.165) is 5.69 Å². The number of halogens is 1. The Kier molecular flexibility index (Phi) is 4.03. The van der Waals surface area contributed by atoms with Crippen molar-refractivity contribution in [3.8, 4) is 0 Å². The molecular formula is C10H14ClN3O. The highest BCUT2D eigenvalue weighted by atomic mass is 35.5. The van der Waals surface area contributed by atoms with Crippen LogP contribution in [0.3, 0.4) is 0 Å². The van der Waals surface area contributed by atoms with Crippen LogP contribution >= 0.6 is 11.6 Å². The molecule has 1 aromatic heterocycles. The summed E-state index contributed by atoms with van der Waals surface area (Å²) in [5.74, 6) is 0.366. The average molecular weight is 228 g/mol. The van der Waals surface area contributed by atoms with Gasteiger partial charge in [-0.15, -0.1) is 11.6 Å². The first kappa shape index (κ1) is 11.9. The zero-order valence-electron chi connectivity index (χ0n) is 9.12. The van der Waals surface area contributed by atoms with Crippen molar-refractivity contribution >= 4 is 17.5 Å². The molecule has 5 heteroatoms. The summed E-state index contributed by atoms with van der Waals surface area (Å²) in [5.41, 5.74) is 1.98. The summed E-state index contributed by atoms with van der Waals surface area (Å²) in [6.45, 7) is 4.11. The first-order chi connectivity index (χ1) is 7.06. The minimum Gasteiger partial charge on any atom is -0.340 e. The van der Waals surface area contributed by atoms with Crippen molar-refractivity contribution in [3.63, 3.8) is 0 Å². The van der Waals surface area contributed by atoms with Gasteiger partial charge in [0.25, 0.3) is 5.91 Å². The van der Waals surface area contributed by atoms with Crippen molar-refractivity contribution < 1.29 is 4.79 Å². The molecule has 1 amide bonds. The van der Waals surface area contributed by atoms with E-state index in [2.05, 4.69) is 10.2 Å². The van der Waals surface area contributed by atoms with Crippen LogP contribution in [0.5, 0.6) is 0 Å². The Morgan fingerprint density at radius 1 is 1.47 bits per heavy atom. The maximum atomic E-state index is 11.9. The van der Waals surface area contributed by atoms with E-state index >= 15 is 0 Å². The fraction of sp³-hybridized carbons (Fsp3) is 0.500. The monoisotopic (exact) mass is 227 g/mol. The van der Waals surface area contributed by atoms with Crippen LogP contribution in [-0.4, -0.2) is 40.5 Å². The summed E-state index contributed by atoms with van der Waals surface area (Å²) < 4.78 is 0. The Morgan fingerprint density at radius 2 is 2.13 bits per heavy atom. The molecule has 1 aromatic rings. The van der Waals surface area contributed by atoms with Crippen molar-refractivity contribution in [3.05, 3.63) is 23.0 Å². The Labute approximate surface area is 94.3 Å². The summed E-state index contributed by atoms with van der Waals surface area (Å²) in [6.07, 6.45) is 0. The lowest BCUT2D eigenvalue weighted by molar-refractivity contribution is 0.0801. The number of amides is 1. The number of rotatable bonds is 3. The van der Waals surface area contributed by atoms with Crippen molar-refractivity contribution in [2.75, 3.05) is 19.5 Å². The molecule has 1 heterocycles. The summed E-state index contributed by atoms with van der Waals surface area (Å²) >= 11 is 5.58. The molecule has 0 aliphatic heterocycles. The molecule has 0 fully saturated rings. The van der Waals surface area contributed by atoms with E-state index in [1.54, 1.807) is 24.9 Å². The second-order valence-electron chi connectivity index (χ2n) is 3.40. The van der Waals surface area contributed by atoms with Gasteiger partial charge in [-0.1, -0.05) is 0 Å². The minimum absolute atomic E-state index is 0.0637. The summed E-state index contributed by atoms with van der Waals surface area (Å²) in [6, 6.07) is 1.75. The largest absolute Gasteiger partial charge is 0.340 e. The third kappa shape index (κ3) is 2.89. The number of nitrogens with zero attached hydrogens (tertiary/aromatic N) is 3. The van der Waals surface area contributed by atoms with Crippen LogP contribution in [0, 0.1) is 13.8 Å². The first-order valence-corrected chi connectivity index (χ1v) is 5.22. The molecule has 0 aliphatic rings. The smallest absolute Gasteiger partial charge is 0.255 e. The molecule has 1 rings (SSSR count). The fourth-order valence-electron chi connectivity index (χ4n) is 1.20. The molecule has 0 unspecified atom stereocenters. The highest BCUT2D eigenvalue weighted by Crippen LogP contribution is 2.08. The van der Waals surface area contributed by atoms with Gasteiger partial charge in [0.1, 0.15) is 0 Å². The van der Waals surface area contributed by atoms with Crippen molar-refractivity contribution in [2.24, 2.45) is 0 Å². The molecule has 0 bridgehead atoms. The van der Waals surface area contributed by atoms with E-state index in [-0.39, 0.29) is 5.91 Å². The van der Waals surface area contributed by atoms with Gasteiger partial charge in [0.15, 0.2) is 0 Å². The number of hydrogen-bond donors (Lipinski definition) is 0. The maximum absolute atomic E-state index is 11.9. The number of carbonyl (C=O) groups excluding carboxylic acids is 1. The molecule has 4 nitrogen and oxygen atoms in total. The normalized spacial score (nSPS) is 10.1. The predicted octanol–water partition coefficient (Wildman–Crippen LogP) is 1.40. The number of carbonyl (C=O) groups is 1. The Balaban J connectivity index is 2.95. The number of aromatic nitrogens is 2. The van der Waals surface area contributed by atoms with Crippen LogP contribution in [0.1, 0.15) is 21.7 Å². The lowest BCUT2D eigenvalue weighted by atomic mass is 10.2. The van der Waals surface area contributed by atoms with Gasteiger partial charge in [0.2, 0.25) is 0 Å². The highest BCUT2D eigenvalue weighted by Gasteiger charge is 2.14. The fourth-order valence-corrected chi connectivity index (χ4v) is 1.45. The van der Waals surface area contributed by atoms with Gasteiger partial charge in [0.05, 0.1) is 17.0 Å². The number of alkyl halides is 1. The van der Waals surface area contributed by atoms with E-state index in [1.807, 2.05) is 6.92 Å². The van der Waals surface area contributed by atoms with E-state index in [1.165, 1.54) is 0 Å².